The Morgan fingerprint density at radius 1 is 1.21 bits per heavy atom. The molecule has 1 saturated heterocycles. The number of carbonyl (C=O) groups is 6. The van der Waals surface area contributed by atoms with Crippen molar-refractivity contribution in [2.75, 3.05) is 17.7 Å². The Balaban J connectivity index is 0.00000507. The van der Waals surface area contributed by atoms with Gasteiger partial charge in [0.1, 0.15) is 24.1 Å². The van der Waals surface area contributed by atoms with E-state index in [1.807, 2.05) is 0 Å². The van der Waals surface area contributed by atoms with E-state index in [4.69, 9.17) is 4.74 Å². The summed E-state index contributed by atoms with van der Waals surface area (Å²) in [4.78, 5) is 72.3. The molecule has 0 aliphatic carbocycles. The first kappa shape index (κ1) is 31.1. The fourth-order valence-electron chi connectivity index (χ4n) is 3.79. The van der Waals surface area contributed by atoms with Crippen LogP contribution >= 0.6 is 11.8 Å². The molecule has 0 bridgehead atoms. The average molecular weight is 557 g/mol. The van der Waals surface area contributed by atoms with Crippen LogP contribution in [0.5, 0.6) is 0 Å². The van der Waals surface area contributed by atoms with Gasteiger partial charge in [-0.25, -0.2) is 9.59 Å². The van der Waals surface area contributed by atoms with Gasteiger partial charge >= 0.3 is 47.5 Å². The number of anilines is 1. The number of nitrogens with one attached hydrogen (secondary N) is 3. The summed E-state index contributed by atoms with van der Waals surface area (Å²) in [7, 11) is 0. The Labute approximate surface area is 244 Å². The summed E-state index contributed by atoms with van der Waals surface area (Å²) >= 11 is 1.21. The van der Waals surface area contributed by atoms with Gasteiger partial charge in [0.25, 0.3) is 5.91 Å². The standard InChI is InChI=1S/C23H26N4O9S.Na/c1-12(28)36-10-13-11-37-20-17(19(30)27(20)18(13)22(33)34)26-16(29)9-5-8-15(21(31)32)25-23(35)24-14-6-3-2-4-7-14;/h2-4,6-7,15,17,20H,5,8-11H2,1H3,(H,26,29)(H,31,32)(H,33,34)(H2,24,25,35);/q;+1/p-1/t15?,17-,20-;/m1./s1. The molecular formula is C23H25N4NaO9S. The number of rotatable bonds is 11. The molecule has 2 aliphatic heterocycles. The van der Waals surface area contributed by atoms with Crippen LogP contribution in [0, 0.1) is 0 Å². The zero-order valence-corrected chi connectivity index (χ0v) is 23.5. The summed E-state index contributed by atoms with van der Waals surface area (Å²) in [6, 6.07) is 5.54. The molecule has 0 aromatic heterocycles. The predicted molar refractivity (Wildman–Crippen MR) is 128 cm³/mol. The van der Waals surface area contributed by atoms with Crippen molar-refractivity contribution in [3.05, 3.63) is 41.6 Å². The average Bonchev–Trinajstić information content (AvgIpc) is 2.85. The minimum atomic E-state index is -1.59. The van der Waals surface area contributed by atoms with Crippen molar-refractivity contribution < 1.29 is 73.3 Å². The van der Waals surface area contributed by atoms with Crippen LogP contribution < -0.4 is 50.6 Å². The van der Waals surface area contributed by atoms with Crippen LogP contribution in [-0.2, 0) is 28.7 Å². The van der Waals surface area contributed by atoms with Gasteiger partial charge in [0.05, 0.1) is 11.7 Å². The number of carbonyl (C=O) groups excluding carboxylic acids is 5. The number of para-hydroxylation sites is 1. The number of nitrogens with zero attached hydrogens (tertiary/aromatic N) is 1. The minimum Gasteiger partial charge on any atom is -0.543 e. The molecule has 0 radical (unpaired) electrons. The Morgan fingerprint density at radius 3 is 2.50 bits per heavy atom. The van der Waals surface area contributed by atoms with E-state index < -0.39 is 53.2 Å². The maximum absolute atomic E-state index is 12.6. The second kappa shape index (κ2) is 14.2. The fourth-order valence-corrected chi connectivity index (χ4v) is 5.12. The maximum atomic E-state index is 12.6. The van der Waals surface area contributed by atoms with E-state index in [9.17, 15) is 39.0 Å². The van der Waals surface area contributed by atoms with Gasteiger partial charge in [-0.2, -0.15) is 0 Å². The summed E-state index contributed by atoms with van der Waals surface area (Å²) in [6.45, 7) is 0.883. The van der Waals surface area contributed by atoms with E-state index in [0.717, 1.165) is 4.90 Å². The molecule has 1 aromatic carbocycles. The van der Waals surface area contributed by atoms with Gasteiger partial charge in [-0.15, -0.1) is 11.8 Å². The van der Waals surface area contributed by atoms with Crippen LogP contribution in [0.4, 0.5) is 10.5 Å². The SMILES string of the molecule is CC(=O)OCC1=C(C(=O)[O-])N2C(=O)[C@@H](NC(=O)CCCC(NC(=O)Nc3ccccc3)C(=O)O)[C@H]2SC1.[Na+]. The maximum Gasteiger partial charge on any atom is 1.00 e. The number of β-lactam (4-membered cyclic amide) rings is 1. The predicted octanol–water partition coefficient (Wildman–Crippen LogP) is -3.60. The van der Waals surface area contributed by atoms with E-state index in [1.54, 1.807) is 30.3 Å². The number of esters is 1. The second-order valence-electron chi connectivity index (χ2n) is 8.22. The Kier molecular flexibility index (Phi) is 11.6. The first-order chi connectivity index (χ1) is 17.6. The molecule has 3 atom stereocenters. The van der Waals surface area contributed by atoms with Crippen molar-refractivity contribution in [2.45, 2.75) is 43.6 Å². The molecule has 1 unspecified atom stereocenters. The molecule has 13 nitrogen and oxygen atoms in total. The molecule has 2 heterocycles. The number of aliphatic carboxylic acids is 2. The van der Waals surface area contributed by atoms with Gasteiger partial charge in [-0.1, -0.05) is 18.2 Å². The first-order valence-corrected chi connectivity index (χ1v) is 12.3. The molecule has 4 amide bonds. The first-order valence-electron chi connectivity index (χ1n) is 11.2. The van der Waals surface area contributed by atoms with Gasteiger partial charge in [0.2, 0.25) is 5.91 Å². The monoisotopic (exact) mass is 556 g/mol. The zero-order valence-electron chi connectivity index (χ0n) is 20.7. The third-order valence-electron chi connectivity index (χ3n) is 5.54. The molecule has 15 heteroatoms. The topological polar surface area (TPSA) is 194 Å². The van der Waals surface area contributed by atoms with E-state index in [2.05, 4.69) is 16.0 Å². The van der Waals surface area contributed by atoms with E-state index in [-0.39, 0.29) is 72.4 Å². The molecule has 2 aliphatic rings. The van der Waals surface area contributed by atoms with E-state index in [1.165, 1.54) is 18.7 Å². The quantitative estimate of drug-likeness (QED) is 0.120. The molecule has 198 valence electrons. The van der Waals surface area contributed by atoms with E-state index >= 15 is 0 Å². The molecular weight excluding hydrogens is 531 g/mol. The summed E-state index contributed by atoms with van der Waals surface area (Å²) in [5.74, 6) is -4.47. The van der Waals surface area contributed by atoms with Crippen LogP contribution in [-0.4, -0.2) is 75.6 Å². The van der Waals surface area contributed by atoms with Gasteiger partial charge < -0.3 is 35.7 Å². The normalized spacial score (nSPS) is 18.7. The number of carboxylic acids is 2. The van der Waals surface area contributed by atoms with Gasteiger partial charge in [0.15, 0.2) is 0 Å². The van der Waals surface area contributed by atoms with E-state index in [0.29, 0.717) is 5.69 Å². The summed E-state index contributed by atoms with van der Waals surface area (Å²) in [5.41, 5.74) is 0.334. The molecule has 0 spiro atoms. The van der Waals surface area contributed by atoms with Crippen molar-refractivity contribution in [3.63, 3.8) is 0 Å². The number of hydrogen-bond donors (Lipinski definition) is 4. The van der Waals surface area contributed by atoms with Crippen molar-refractivity contribution in [3.8, 4) is 0 Å². The number of ether oxygens (including phenoxy) is 1. The Bertz CT molecular complexity index is 1130. The summed E-state index contributed by atoms with van der Waals surface area (Å²) in [5, 5.41) is 27.8. The third-order valence-corrected chi connectivity index (χ3v) is 6.88. The number of hydrogen-bond acceptors (Lipinski definition) is 9. The number of thioether (sulfide) groups is 1. The van der Waals surface area contributed by atoms with Crippen LogP contribution in [0.25, 0.3) is 0 Å². The van der Waals surface area contributed by atoms with Crippen molar-refractivity contribution in [2.24, 2.45) is 0 Å². The van der Waals surface area contributed by atoms with Crippen molar-refractivity contribution in [1.82, 2.24) is 15.5 Å². The van der Waals surface area contributed by atoms with Gasteiger partial charge in [0, 0.05) is 30.4 Å². The Morgan fingerprint density at radius 2 is 1.89 bits per heavy atom. The van der Waals surface area contributed by atoms with Crippen LogP contribution in [0.15, 0.2) is 41.6 Å². The number of benzene rings is 1. The third kappa shape index (κ3) is 7.96. The molecule has 0 saturated carbocycles. The summed E-state index contributed by atoms with van der Waals surface area (Å²) < 4.78 is 4.85. The largest absolute Gasteiger partial charge is 1.00 e. The van der Waals surface area contributed by atoms with Gasteiger partial charge in [-0.05, 0) is 25.0 Å². The zero-order chi connectivity index (χ0) is 27.1. The van der Waals surface area contributed by atoms with Crippen molar-refractivity contribution >= 4 is 53.2 Å². The number of urea groups is 1. The van der Waals surface area contributed by atoms with Crippen LogP contribution in [0.1, 0.15) is 26.2 Å². The second-order valence-corrected chi connectivity index (χ2v) is 9.33. The molecule has 3 rings (SSSR count). The van der Waals surface area contributed by atoms with Gasteiger partial charge in [-0.3, -0.25) is 19.3 Å². The molecule has 38 heavy (non-hydrogen) atoms. The van der Waals surface area contributed by atoms with Crippen LogP contribution in [0.3, 0.4) is 0 Å². The van der Waals surface area contributed by atoms with Crippen molar-refractivity contribution in [1.29, 1.82) is 0 Å². The minimum absolute atomic E-state index is 0. The molecule has 1 fully saturated rings. The Hall–Kier alpha value is -3.07. The molecule has 1 aromatic rings. The van der Waals surface area contributed by atoms with Crippen LogP contribution in [0.2, 0.25) is 0 Å². The summed E-state index contributed by atoms with van der Waals surface area (Å²) in [6.07, 6.45) is -0.0492. The molecule has 4 N–H and O–H groups in total. The fraction of sp³-hybridized carbons (Fsp3) is 0.391. The smallest absolute Gasteiger partial charge is 0.543 e. The number of carboxylic acid groups (broad SMARTS) is 2. The number of fused-ring (bicyclic) bond motifs is 1. The number of amides is 4.